The van der Waals surface area contributed by atoms with Gasteiger partial charge in [0.1, 0.15) is 0 Å². The minimum absolute atomic E-state index is 0.576. The van der Waals surface area contributed by atoms with E-state index >= 15 is 0 Å². The summed E-state index contributed by atoms with van der Waals surface area (Å²) in [6, 6.07) is 79.7. The largest absolute Gasteiger partial charge is 0.309 e. The molecule has 7 nitrogen and oxygen atoms in total. The molecular formula is C62H39N7. The summed E-state index contributed by atoms with van der Waals surface area (Å²) >= 11 is 0. The highest BCUT2D eigenvalue weighted by Crippen LogP contribution is 2.42. The van der Waals surface area contributed by atoms with Crippen LogP contribution >= 0.6 is 0 Å². The molecule has 0 atom stereocenters. The molecular weight excluding hydrogens is 843 g/mol. The zero-order valence-electron chi connectivity index (χ0n) is 37.1. The normalized spacial score (nSPS) is 11.8. The topological polar surface area (TPSA) is 66.3 Å². The summed E-state index contributed by atoms with van der Waals surface area (Å²) in [5.41, 5.74) is 14.7. The van der Waals surface area contributed by atoms with Crippen LogP contribution in [-0.2, 0) is 0 Å². The average molecular weight is 882 g/mol. The van der Waals surface area contributed by atoms with Gasteiger partial charge in [-0.2, -0.15) is 0 Å². The number of nitrogens with zero attached hydrogens (tertiary/aromatic N) is 7. The van der Waals surface area contributed by atoms with Crippen LogP contribution in [0.25, 0.3) is 128 Å². The predicted molar refractivity (Wildman–Crippen MR) is 282 cm³/mol. The number of para-hydroxylation sites is 4. The fourth-order valence-corrected chi connectivity index (χ4v) is 10.5. The Morgan fingerprint density at radius 1 is 0.261 bits per heavy atom. The highest BCUT2D eigenvalue weighted by molar-refractivity contribution is 6.14. The first-order valence-electron chi connectivity index (χ1n) is 23.2. The van der Waals surface area contributed by atoms with Crippen molar-refractivity contribution in [1.82, 2.24) is 33.6 Å². The number of aromatic nitrogens is 7. The second-order valence-electron chi connectivity index (χ2n) is 17.5. The third kappa shape index (κ3) is 6.21. The fraction of sp³-hybridized carbons (Fsp3) is 0. The summed E-state index contributed by atoms with van der Waals surface area (Å²) in [4.78, 5) is 20.1. The molecule has 5 aromatic heterocycles. The maximum atomic E-state index is 5.32. The Morgan fingerprint density at radius 2 is 0.667 bits per heavy atom. The lowest BCUT2D eigenvalue weighted by molar-refractivity contribution is 1.06. The van der Waals surface area contributed by atoms with Gasteiger partial charge in [-0.1, -0.05) is 140 Å². The van der Waals surface area contributed by atoms with Crippen LogP contribution < -0.4 is 0 Å². The van der Waals surface area contributed by atoms with Crippen LogP contribution in [0.5, 0.6) is 0 Å². The van der Waals surface area contributed by atoms with Crippen molar-refractivity contribution in [2.75, 3.05) is 0 Å². The average Bonchev–Trinajstić information content (AvgIpc) is 4.06. The van der Waals surface area contributed by atoms with Crippen molar-refractivity contribution in [3.05, 3.63) is 237 Å². The van der Waals surface area contributed by atoms with Gasteiger partial charge in [-0.15, -0.1) is 0 Å². The van der Waals surface area contributed by atoms with Crippen molar-refractivity contribution in [3.63, 3.8) is 0 Å². The molecule has 5 heterocycles. The summed E-state index contributed by atoms with van der Waals surface area (Å²) in [5, 5.41) is 7.16. The molecule has 0 radical (unpaired) electrons. The molecule has 14 aromatic rings. The van der Waals surface area contributed by atoms with Gasteiger partial charge in [0.15, 0.2) is 17.5 Å². The van der Waals surface area contributed by atoms with Crippen molar-refractivity contribution in [2.24, 2.45) is 0 Å². The van der Waals surface area contributed by atoms with E-state index in [9.17, 15) is 0 Å². The molecule has 0 bridgehead atoms. The van der Waals surface area contributed by atoms with Crippen LogP contribution in [-0.4, -0.2) is 33.6 Å². The second kappa shape index (κ2) is 15.6. The SMILES string of the molecule is c1ccc(-c2nc(-c3ccccc3)nc(-c3cc(-c4ccncc4)ccc3-n3c4ccc(-n5c6ccccc6c6ccccc65)cc4c4cc(-n5c6ccccc6c6ccccc65)ccc43)n2)cc1. The van der Waals surface area contributed by atoms with E-state index in [0.717, 1.165) is 66.7 Å². The molecule has 0 aliphatic heterocycles. The van der Waals surface area contributed by atoms with E-state index in [2.05, 4.69) is 195 Å². The van der Waals surface area contributed by atoms with E-state index < -0.39 is 0 Å². The van der Waals surface area contributed by atoms with E-state index in [1.807, 2.05) is 60.9 Å². The van der Waals surface area contributed by atoms with Gasteiger partial charge in [-0.3, -0.25) is 4.98 Å². The van der Waals surface area contributed by atoms with Crippen molar-refractivity contribution in [3.8, 4) is 62.4 Å². The smallest absolute Gasteiger partial charge is 0.166 e. The lowest BCUT2D eigenvalue weighted by atomic mass is 10.0. The molecule has 9 aromatic carbocycles. The third-order valence-corrected chi connectivity index (χ3v) is 13.6. The number of pyridine rings is 1. The molecule has 69 heavy (non-hydrogen) atoms. The van der Waals surface area contributed by atoms with Gasteiger partial charge in [0.25, 0.3) is 0 Å². The molecule has 0 unspecified atom stereocenters. The first-order valence-corrected chi connectivity index (χ1v) is 23.2. The van der Waals surface area contributed by atoms with Gasteiger partial charge < -0.3 is 13.7 Å². The molecule has 0 fully saturated rings. The molecule has 0 saturated heterocycles. The standard InChI is InChI=1S/C62H39N7/c1-3-15-41(16-4-1)60-64-61(42-17-5-2-6-18-42)66-62(65-60)52-37-43(40-33-35-63-36-34-40)27-30-59(52)69-57-31-28-44(67-53-23-11-7-19-46(53)47-20-8-12-24-54(47)67)38-50(57)51-39-45(29-32-58(51)69)68-55-25-13-9-21-48(55)49-22-10-14-26-56(49)68/h1-39H. The highest BCUT2D eigenvalue weighted by Gasteiger charge is 2.23. The minimum Gasteiger partial charge on any atom is -0.309 e. The van der Waals surface area contributed by atoms with Gasteiger partial charge in [0, 0.05) is 72.8 Å². The van der Waals surface area contributed by atoms with E-state index in [1.165, 1.54) is 43.6 Å². The molecule has 0 aliphatic carbocycles. The first-order chi connectivity index (χ1) is 34.2. The van der Waals surface area contributed by atoms with Gasteiger partial charge in [-0.25, -0.2) is 15.0 Å². The Morgan fingerprint density at radius 3 is 1.13 bits per heavy atom. The van der Waals surface area contributed by atoms with Gasteiger partial charge in [0.05, 0.1) is 38.8 Å². The summed E-state index contributed by atoms with van der Waals surface area (Å²) in [6.45, 7) is 0. The van der Waals surface area contributed by atoms with Crippen molar-refractivity contribution in [1.29, 1.82) is 0 Å². The van der Waals surface area contributed by atoms with Crippen LogP contribution in [0.1, 0.15) is 0 Å². The number of rotatable bonds is 7. The fourth-order valence-electron chi connectivity index (χ4n) is 10.5. The Labute approximate surface area is 396 Å². The second-order valence-corrected chi connectivity index (χ2v) is 17.5. The van der Waals surface area contributed by atoms with Gasteiger partial charge >= 0.3 is 0 Å². The summed E-state index contributed by atoms with van der Waals surface area (Å²) in [5.74, 6) is 1.79. The minimum atomic E-state index is 0.576. The maximum Gasteiger partial charge on any atom is 0.166 e. The van der Waals surface area contributed by atoms with Crippen LogP contribution in [0.4, 0.5) is 0 Å². The Balaban J connectivity index is 1.08. The quantitative estimate of drug-likeness (QED) is 0.160. The molecule has 0 amide bonds. The van der Waals surface area contributed by atoms with E-state index in [1.54, 1.807) is 0 Å². The van der Waals surface area contributed by atoms with Crippen LogP contribution in [0.3, 0.4) is 0 Å². The van der Waals surface area contributed by atoms with E-state index in [4.69, 9.17) is 15.0 Å². The van der Waals surface area contributed by atoms with Crippen LogP contribution in [0.2, 0.25) is 0 Å². The molecule has 0 N–H and O–H groups in total. The van der Waals surface area contributed by atoms with Crippen LogP contribution in [0.15, 0.2) is 237 Å². The van der Waals surface area contributed by atoms with Crippen molar-refractivity contribution < 1.29 is 0 Å². The van der Waals surface area contributed by atoms with Crippen molar-refractivity contribution in [2.45, 2.75) is 0 Å². The predicted octanol–water partition coefficient (Wildman–Crippen LogP) is 15.2. The number of benzene rings is 9. The molecule has 0 aliphatic rings. The summed E-state index contributed by atoms with van der Waals surface area (Å²) in [6.07, 6.45) is 3.67. The maximum absolute atomic E-state index is 5.32. The molecule has 14 rings (SSSR count). The number of hydrogen-bond acceptors (Lipinski definition) is 4. The monoisotopic (exact) mass is 881 g/mol. The van der Waals surface area contributed by atoms with E-state index in [0.29, 0.717) is 17.5 Å². The zero-order chi connectivity index (χ0) is 45.4. The lowest BCUT2D eigenvalue weighted by Gasteiger charge is -2.17. The Hall–Kier alpha value is -9.46. The van der Waals surface area contributed by atoms with Crippen molar-refractivity contribution >= 4 is 65.4 Å². The molecule has 7 heteroatoms. The van der Waals surface area contributed by atoms with Gasteiger partial charge in [0.2, 0.25) is 0 Å². The Kier molecular flexibility index (Phi) is 8.75. The summed E-state index contributed by atoms with van der Waals surface area (Å²) < 4.78 is 7.20. The lowest BCUT2D eigenvalue weighted by Crippen LogP contribution is -2.04. The number of fused-ring (bicyclic) bond motifs is 9. The van der Waals surface area contributed by atoms with Crippen LogP contribution in [0, 0.1) is 0 Å². The highest BCUT2D eigenvalue weighted by atomic mass is 15.1. The molecule has 0 saturated carbocycles. The first kappa shape index (κ1) is 38.8. The Bertz CT molecular complexity index is 3970. The third-order valence-electron chi connectivity index (χ3n) is 13.6. The van der Waals surface area contributed by atoms with Gasteiger partial charge in [-0.05, 0) is 96.1 Å². The molecule has 322 valence electrons. The van der Waals surface area contributed by atoms with E-state index in [-0.39, 0.29) is 0 Å². The zero-order valence-corrected chi connectivity index (χ0v) is 37.1. The summed E-state index contributed by atoms with van der Waals surface area (Å²) in [7, 11) is 0. The number of hydrogen-bond donors (Lipinski definition) is 0. The molecule has 0 spiro atoms.